The van der Waals surface area contributed by atoms with Gasteiger partial charge in [0.15, 0.2) is 18.0 Å². The Hall–Kier alpha value is -3.81. The third kappa shape index (κ3) is 5.05. The lowest BCUT2D eigenvalue weighted by Crippen LogP contribution is -2.75. The predicted octanol–water partition coefficient (Wildman–Crippen LogP) is 6.17. The zero-order chi connectivity index (χ0) is 33.4. The Kier molecular flexibility index (Phi) is 7.52. The van der Waals surface area contributed by atoms with Crippen LogP contribution in [0.25, 0.3) is 32.6 Å². The van der Waals surface area contributed by atoms with Crippen LogP contribution in [0.2, 0.25) is 0 Å². The molecule has 1 aromatic heterocycles. The van der Waals surface area contributed by atoms with Gasteiger partial charge in [0.25, 0.3) is 11.4 Å². The Morgan fingerprint density at radius 1 is 1.00 bits per heavy atom. The van der Waals surface area contributed by atoms with Crippen LogP contribution >= 0.6 is 0 Å². The van der Waals surface area contributed by atoms with Crippen LogP contribution in [0.5, 0.6) is 5.75 Å². The SMILES string of the molecule is CCC(C=C1Oc2cc3ccccc3cc2[N+]12CCC2(C)S(=O)(=O)O)Cc1oc2cc3ccccc3cc2[n+]1CCC(C)S(=O)(=O)[O-]. The molecule has 0 bridgehead atoms. The summed E-state index contributed by atoms with van der Waals surface area (Å²) in [5.74, 6) is 1.41. The minimum Gasteiger partial charge on any atom is -0.748 e. The molecule has 10 nitrogen and oxygen atoms in total. The van der Waals surface area contributed by atoms with Gasteiger partial charge in [0.05, 0.1) is 34.8 Å². The van der Waals surface area contributed by atoms with E-state index in [2.05, 4.69) is 0 Å². The van der Waals surface area contributed by atoms with Gasteiger partial charge in [0.1, 0.15) is 0 Å². The molecule has 12 heteroatoms. The molecule has 1 spiro atoms. The fraction of sp³-hybridized carbons (Fsp3) is 0.343. The van der Waals surface area contributed by atoms with Crippen molar-refractivity contribution in [3.63, 3.8) is 0 Å². The summed E-state index contributed by atoms with van der Waals surface area (Å²) in [5.41, 5.74) is 2.12. The summed E-state index contributed by atoms with van der Waals surface area (Å²) in [4.78, 5) is -1.54. The monoisotopic (exact) mass is 677 g/mol. The molecule has 4 atom stereocenters. The van der Waals surface area contributed by atoms with Crippen molar-refractivity contribution in [1.29, 1.82) is 0 Å². The van der Waals surface area contributed by atoms with Crippen molar-refractivity contribution in [2.75, 3.05) is 6.54 Å². The summed E-state index contributed by atoms with van der Waals surface area (Å²) >= 11 is 0. The molecule has 47 heavy (non-hydrogen) atoms. The lowest BCUT2D eigenvalue weighted by molar-refractivity contribution is -0.684. The molecule has 246 valence electrons. The van der Waals surface area contributed by atoms with Crippen molar-refractivity contribution in [1.82, 2.24) is 4.48 Å². The van der Waals surface area contributed by atoms with E-state index in [0.717, 1.165) is 27.1 Å². The number of hydrogen-bond donors (Lipinski definition) is 1. The molecule has 0 amide bonds. The zero-order valence-electron chi connectivity index (χ0n) is 26.4. The highest BCUT2D eigenvalue weighted by Crippen LogP contribution is 2.59. The van der Waals surface area contributed by atoms with Crippen LogP contribution in [-0.2, 0) is 33.2 Å². The number of rotatable bonds is 9. The van der Waals surface area contributed by atoms with E-state index in [1.807, 2.05) is 90.4 Å². The summed E-state index contributed by atoms with van der Waals surface area (Å²) < 4.78 is 86.5. The first-order valence-corrected chi connectivity index (χ1v) is 18.7. The molecular formula is C35H37N2O8S2+. The van der Waals surface area contributed by atoms with Gasteiger partial charge in [-0.25, -0.2) is 12.9 Å². The molecule has 0 saturated carbocycles. The van der Waals surface area contributed by atoms with Crippen LogP contribution in [0.4, 0.5) is 5.69 Å². The van der Waals surface area contributed by atoms with Gasteiger partial charge in [-0.1, -0.05) is 55.5 Å². The molecule has 7 rings (SSSR count). The Bertz CT molecular complexity index is 2310. The second kappa shape index (κ2) is 11.1. The summed E-state index contributed by atoms with van der Waals surface area (Å²) in [5, 5.41) is 2.81. The van der Waals surface area contributed by atoms with Gasteiger partial charge in [0, 0.05) is 31.6 Å². The lowest BCUT2D eigenvalue weighted by Gasteiger charge is -2.52. The Labute approximate surface area is 274 Å². The summed E-state index contributed by atoms with van der Waals surface area (Å²) in [6, 6.07) is 23.5. The quantitative estimate of drug-likeness (QED) is 0.111. The van der Waals surface area contributed by atoms with E-state index < -0.39 is 30.4 Å². The van der Waals surface area contributed by atoms with E-state index in [1.165, 1.54) is 6.92 Å². The average molecular weight is 678 g/mol. The summed E-state index contributed by atoms with van der Waals surface area (Å²) in [6.45, 7) is 5.69. The molecule has 4 unspecified atom stereocenters. The third-order valence-electron chi connectivity index (χ3n) is 10.3. The van der Waals surface area contributed by atoms with Crippen molar-refractivity contribution >= 4 is 58.6 Å². The largest absolute Gasteiger partial charge is 0.748 e. The highest BCUT2D eigenvalue weighted by molar-refractivity contribution is 7.87. The first kappa shape index (κ1) is 31.8. The average Bonchev–Trinajstić information content (AvgIpc) is 3.53. The van der Waals surface area contributed by atoms with E-state index >= 15 is 0 Å². The molecule has 4 aromatic carbocycles. The molecule has 1 N–H and O–H groups in total. The minimum atomic E-state index is -4.50. The van der Waals surface area contributed by atoms with Gasteiger partial charge in [-0.05, 0) is 52.9 Å². The number of benzene rings is 4. The fourth-order valence-corrected chi connectivity index (χ4v) is 8.59. The molecule has 0 aliphatic carbocycles. The zero-order valence-corrected chi connectivity index (χ0v) is 28.1. The molecule has 2 aliphatic heterocycles. The summed E-state index contributed by atoms with van der Waals surface area (Å²) in [7, 11) is -8.97. The van der Waals surface area contributed by atoms with Crippen molar-refractivity contribution in [3.8, 4) is 5.75 Å². The van der Waals surface area contributed by atoms with Crippen LogP contribution < -0.4 is 13.8 Å². The second-order valence-electron chi connectivity index (χ2n) is 13.0. The molecule has 3 heterocycles. The molecular weight excluding hydrogens is 641 g/mol. The number of quaternary nitrogens is 1. The minimum absolute atomic E-state index is 0.113. The number of aryl methyl sites for hydroxylation is 1. The van der Waals surface area contributed by atoms with Crippen molar-refractivity contribution in [3.05, 3.63) is 90.6 Å². The van der Waals surface area contributed by atoms with Crippen molar-refractivity contribution in [2.24, 2.45) is 5.92 Å². The van der Waals surface area contributed by atoms with Crippen LogP contribution in [0.15, 0.2) is 89.2 Å². The molecule has 2 aliphatic rings. The van der Waals surface area contributed by atoms with Gasteiger partial charge in [0.2, 0.25) is 10.5 Å². The van der Waals surface area contributed by atoms with Crippen LogP contribution in [0.1, 0.15) is 45.9 Å². The van der Waals surface area contributed by atoms with E-state index in [9.17, 15) is 25.9 Å². The smallest absolute Gasteiger partial charge is 0.348 e. The second-order valence-corrected chi connectivity index (χ2v) is 16.6. The number of ether oxygens (including phenoxy) is 1. The topological polar surface area (TPSA) is 138 Å². The molecule has 0 radical (unpaired) electrons. The van der Waals surface area contributed by atoms with Crippen LogP contribution in [-0.4, -0.2) is 42.6 Å². The number of hydrogen-bond acceptors (Lipinski definition) is 7. The normalized spacial score (nSPS) is 23.3. The number of oxazole rings is 1. The van der Waals surface area contributed by atoms with Gasteiger partial charge < -0.3 is 13.7 Å². The summed E-state index contributed by atoms with van der Waals surface area (Å²) in [6.07, 6.45) is 3.37. The maximum atomic E-state index is 13.0. The third-order valence-corrected chi connectivity index (χ3v) is 13.2. The van der Waals surface area contributed by atoms with Crippen LogP contribution in [0.3, 0.4) is 0 Å². The van der Waals surface area contributed by atoms with Crippen molar-refractivity contribution in [2.45, 2.75) is 63.1 Å². The van der Waals surface area contributed by atoms with E-state index in [0.29, 0.717) is 48.2 Å². The number of nitrogens with zero attached hydrogens (tertiary/aromatic N) is 2. The highest BCUT2D eigenvalue weighted by atomic mass is 32.2. The van der Waals surface area contributed by atoms with Crippen molar-refractivity contribution < 1.29 is 39.7 Å². The van der Waals surface area contributed by atoms with E-state index in [1.54, 1.807) is 6.92 Å². The number of aromatic nitrogens is 1. The molecule has 5 aromatic rings. The molecule has 1 fully saturated rings. The predicted molar refractivity (Wildman–Crippen MR) is 179 cm³/mol. The highest BCUT2D eigenvalue weighted by Gasteiger charge is 2.72. The molecule has 1 saturated heterocycles. The Balaban J connectivity index is 1.33. The first-order chi connectivity index (χ1) is 22.2. The van der Waals surface area contributed by atoms with Gasteiger partial charge >= 0.3 is 16.0 Å². The number of fused-ring (bicyclic) bond motifs is 5. The van der Waals surface area contributed by atoms with E-state index in [4.69, 9.17) is 9.15 Å². The first-order valence-electron chi connectivity index (χ1n) is 15.8. The maximum absolute atomic E-state index is 13.0. The van der Waals surface area contributed by atoms with Gasteiger partial charge in [-0.3, -0.25) is 4.55 Å². The Morgan fingerprint density at radius 2 is 1.62 bits per heavy atom. The maximum Gasteiger partial charge on any atom is 0.348 e. The standard InChI is InChI=1S/C35H36N2O8S2/c1-4-24(17-33-36(15-13-23(2)46(38,39)40)29-19-25-9-5-7-11-27(25)21-31(29)44-33)18-34-37(16-14-35(37,3)47(41,42)43)30-20-26-10-6-8-12-28(26)22-32(30)45-34/h5-12,18-24H,4,13-17H2,1-3H3/p+1. The Morgan fingerprint density at radius 3 is 2.19 bits per heavy atom. The lowest BCUT2D eigenvalue weighted by atomic mass is 9.94. The van der Waals surface area contributed by atoms with Crippen LogP contribution in [0, 0.1) is 5.92 Å². The van der Waals surface area contributed by atoms with Gasteiger partial charge in [-0.15, -0.1) is 0 Å². The van der Waals surface area contributed by atoms with E-state index in [-0.39, 0.29) is 29.8 Å². The van der Waals surface area contributed by atoms with Gasteiger partial charge in [-0.2, -0.15) is 13.0 Å². The number of allylic oxidation sites excluding steroid dienone is 1. The fourth-order valence-electron chi connectivity index (χ4n) is 7.17.